The lowest BCUT2D eigenvalue weighted by molar-refractivity contribution is -0.131. The molecule has 1 unspecified atom stereocenters. The Kier molecular flexibility index (Phi) is 5.29. The predicted octanol–water partition coefficient (Wildman–Crippen LogP) is 3.48. The summed E-state index contributed by atoms with van der Waals surface area (Å²) in [6.45, 7) is -0.212. The van der Waals surface area contributed by atoms with Crippen LogP contribution in [-0.4, -0.2) is 32.5 Å². The van der Waals surface area contributed by atoms with Gasteiger partial charge in [-0.1, -0.05) is 11.6 Å². The summed E-state index contributed by atoms with van der Waals surface area (Å²) in [6, 6.07) is 2.04. The summed E-state index contributed by atoms with van der Waals surface area (Å²) in [4.78, 5) is 13.8. The van der Waals surface area contributed by atoms with Crippen molar-refractivity contribution in [2.24, 2.45) is 7.05 Å². The largest absolute Gasteiger partial charge is 0.334 e. The zero-order valence-corrected chi connectivity index (χ0v) is 15.1. The first-order chi connectivity index (χ1) is 11.9. The fourth-order valence-electron chi connectivity index (χ4n) is 3.26. The van der Waals surface area contributed by atoms with Crippen LogP contribution < -0.4 is 0 Å². The van der Waals surface area contributed by atoms with E-state index in [1.165, 1.54) is 4.90 Å². The van der Waals surface area contributed by atoms with Gasteiger partial charge in [0.15, 0.2) is 0 Å². The minimum atomic E-state index is -0.844. The molecule has 0 saturated heterocycles. The molecule has 1 aliphatic rings. The SMILES string of the molecule is Cn1cc2c(n1)CC(N(Cc1c(F)ccc(Cl)c1F)C(=O)CCl)CC2. The fraction of sp³-hybridized carbons (Fsp3) is 0.412. The van der Waals surface area contributed by atoms with E-state index in [0.29, 0.717) is 12.8 Å². The normalized spacial score (nSPS) is 16.6. The highest BCUT2D eigenvalue weighted by molar-refractivity contribution is 6.30. The summed E-state index contributed by atoms with van der Waals surface area (Å²) in [5.41, 5.74) is 1.81. The van der Waals surface area contributed by atoms with Gasteiger partial charge >= 0.3 is 0 Å². The van der Waals surface area contributed by atoms with E-state index in [-0.39, 0.29) is 35.0 Å². The number of rotatable bonds is 4. The van der Waals surface area contributed by atoms with E-state index in [2.05, 4.69) is 5.10 Å². The molecular weight excluding hydrogens is 371 g/mol. The first kappa shape index (κ1) is 18.1. The standard InChI is InChI=1S/C17H17Cl2F2N3O/c1-23-8-10-2-3-11(6-15(10)22-23)24(16(25)7-18)9-12-14(20)5-4-13(19)17(12)21/h4-5,8,11H,2-3,6-7,9H2,1H3. The molecule has 0 fully saturated rings. The molecule has 2 aromatic rings. The van der Waals surface area contributed by atoms with E-state index in [1.807, 2.05) is 13.2 Å². The number of hydrogen-bond acceptors (Lipinski definition) is 2. The number of hydrogen-bond donors (Lipinski definition) is 0. The van der Waals surface area contributed by atoms with Gasteiger partial charge in [-0.25, -0.2) is 8.78 Å². The molecule has 0 bridgehead atoms. The minimum Gasteiger partial charge on any atom is -0.334 e. The maximum absolute atomic E-state index is 14.2. The lowest BCUT2D eigenvalue weighted by atomic mass is 9.92. The summed E-state index contributed by atoms with van der Waals surface area (Å²) in [5, 5.41) is 4.23. The average molecular weight is 388 g/mol. The van der Waals surface area contributed by atoms with Crippen molar-refractivity contribution in [1.29, 1.82) is 0 Å². The van der Waals surface area contributed by atoms with E-state index in [1.54, 1.807) is 4.68 Å². The van der Waals surface area contributed by atoms with Crippen molar-refractivity contribution in [3.05, 3.63) is 51.8 Å². The molecule has 0 N–H and O–H groups in total. The zero-order valence-electron chi connectivity index (χ0n) is 13.6. The van der Waals surface area contributed by atoms with Gasteiger partial charge in [-0.3, -0.25) is 9.48 Å². The number of aromatic nitrogens is 2. The van der Waals surface area contributed by atoms with Gasteiger partial charge in [0.25, 0.3) is 0 Å². The molecule has 3 rings (SSSR count). The molecule has 1 amide bonds. The third-order valence-electron chi connectivity index (χ3n) is 4.51. The van der Waals surface area contributed by atoms with Gasteiger partial charge in [0.2, 0.25) is 5.91 Å². The van der Waals surface area contributed by atoms with Crippen LogP contribution in [0.25, 0.3) is 0 Å². The number of nitrogens with zero attached hydrogens (tertiary/aromatic N) is 3. The predicted molar refractivity (Wildman–Crippen MR) is 91.7 cm³/mol. The molecule has 4 nitrogen and oxygen atoms in total. The van der Waals surface area contributed by atoms with Crippen LogP contribution >= 0.6 is 23.2 Å². The van der Waals surface area contributed by atoms with Crippen LogP contribution in [0.5, 0.6) is 0 Å². The van der Waals surface area contributed by atoms with Gasteiger partial charge in [-0.05, 0) is 30.5 Å². The molecule has 134 valence electrons. The Balaban J connectivity index is 1.89. The number of carbonyl (C=O) groups is 1. The molecule has 1 aromatic heterocycles. The van der Waals surface area contributed by atoms with E-state index in [0.717, 1.165) is 29.8 Å². The quantitative estimate of drug-likeness (QED) is 0.594. The molecule has 1 aromatic carbocycles. The highest BCUT2D eigenvalue weighted by Gasteiger charge is 2.30. The van der Waals surface area contributed by atoms with Crippen molar-refractivity contribution in [3.8, 4) is 0 Å². The van der Waals surface area contributed by atoms with Gasteiger partial charge in [0.1, 0.15) is 17.5 Å². The maximum atomic E-state index is 14.2. The third kappa shape index (κ3) is 3.65. The smallest absolute Gasteiger partial charge is 0.238 e. The van der Waals surface area contributed by atoms with E-state index >= 15 is 0 Å². The monoisotopic (exact) mass is 387 g/mol. The molecule has 25 heavy (non-hydrogen) atoms. The summed E-state index contributed by atoms with van der Waals surface area (Å²) in [6.07, 6.45) is 3.92. The van der Waals surface area contributed by atoms with Gasteiger partial charge in [-0.15, -0.1) is 11.6 Å². The number of alkyl halides is 1. The Morgan fingerprint density at radius 1 is 1.44 bits per heavy atom. The molecular formula is C17H17Cl2F2N3O. The van der Waals surface area contributed by atoms with Crippen LogP contribution in [0.1, 0.15) is 23.2 Å². The summed E-state index contributed by atoms with van der Waals surface area (Å²) >= 11 is 11.5. The molecule has 1 aliphatic carbocycles. The van der Waals surface area contributed by atoms with Crippen LogP contribution in [0.4, 0.5) is 8.78 Å². The fourth-order valence-corrected chi connectivity index (χ4v) is 3.59. The Hall–Kier alpha value is -1.66. The topological polar surface area (TPSA) is 38.1 Å². The van der Waals surface area contributed by atoms with Crippen molar-refractivity contribution in [3.63, 3.8) is 0 Å². The second kappa shape index (κ2) is 7.30. The second-order valence-corrected chi connectivity index (χ2v) is 6.82. The number of aryl methyl sites for hydroxylation is 2. The summed E-state index contributed by atoms with van der Waals surface area (Å²) < 4.78 is 30.1. The molecule has 0 saturated carbocycles. The molecule has 0 radical (unpaired) electrons. The van der Waals surface area contributed by atoms with Crippen LogP contribution in [0.15, 0.2) is 18.3 Å². The van der Waals surface area contributed by atoms with Gasteiger partial charge in [0, 0.05) is 31.3 Å². The third-order valence-corrected chi connectivity index (χ3v) is 5.03. The molecule has 0 spiro atoms. The van der Waals surface area contributed by atoms with Gasteiger partial charge < -0.3 is 4.90 Å². The van der Waals surface area contributed by atoms with Crippen molar-refractivity contribution in [1.82, 2.24) is 14.7 Å². The van der Waals surface area contributed by atoms with E-state index < -0.39 is 11.6 Å². The second-order valence-electron chi connectivity index (χ2n) is 6.15. The van der Waals surface area contributed by atoms with Gasteiger partial charge in [0.05, 0.1) is 17.3 Å². The Labute approximate surface area is 154 Å². The molecule has 0 aliphatic heterocycles. The molecule has 1 atom stereocenters. The number of halogens is 4. The van der Waals surface area contributed by atoms with Crippen LogP contribution in [0, 0.1) is 11.6 Å². The highest BCUT2D eigenvalue weighted by atomic mass is 35.5. The van der Waals surface area contributed by atoms with Crippen molar-refractivity contribution in [2.45, 2.75) is 31.8 Å². The number of fused-ring (bicyclic) bond motifs is 1. The number of benzene rings is 1. The Bertz CT molecular complexity index is 809. The Morgan fingerprint density at radius 2 is 2.20 bits per heavy atom. The van der Waals surface area contributed by atoms with Crippen LogP contribution in [-0.2, 0) is 31.2 Å². The summed E-state index contributed by atoms with van der Waals surface area (Å²) in [5.74, 6) is -2.20. The lowest BCUT2D eigenvalue weighted by Gasteiger charge is -2.34. The first-order valence-corrected chi connectivity index (χ1v) is 8.81. The van der Waals surface area contributed by atoms with Gasteiger partial charge in [-0.2, -0.15) is 5.10 Å². The van der Waals surface area contributed by atoms with E-state index in [9.17, 15) is 13.6 Å². The van der Waals surface area contributed by atoms with Crippen LogP contribution in [0.2, 0.25) is 5.02 Å². The minimum absolute atomic E-state index is 0.176. The zero-order chi connectivity index (χ0) is 18.1. The number of amides is 1. The maximum Gasteiger partial charge on any atom is 0.238 e. The average Bonchev–Trinajstić information content (AvgIpc) is 2.97. The number of carbonyl (C=O) groups excluding carboxylic acids is 1. The van der Waals surface area contributed by atoms with Crippen molar-refractivity contribution in [2.75, 3.05) is 5.88 Å². The summed E-state index contributed by atoms with van der Waals surface area (Å²) in [7, 11) is 1.84. The van der Waals surface area contributed by atoms with Crippen molar-refractivity contribution >= 4 is 29.1 Å². The van der Waals surface area contributed by atoms with Crippen LogP contribution in [0.3, 0.4) is 0 Å². The first-order valence-electron chi connectivity index (χ1n) is 7.90. The Morgan fingerprint density at radius 3 is 2.92 bits per heavy atom. The van der Waals surface area contributed by atoms with E-state index in [4.69, 9.17) is 23.2 Å². The molecule has 8 heteroatoms. The molecule has 1 heterocycles. The lowest BCUT2D eigenvalue weighted by Crippen LogP contribution is -2.44. The van der Waals surface area contributed by atoms with Crippen molar-refractivity contribution < 1.29 is 13.6 Å². The highest BCUT2D eigenvalue weighted by Crippen LogP contribution is 2.28.